The number of benzene rings is 3. The number of nitrogens with zero attached hydrogens (tertiary/aromatic N) is 2. The van der Waals surface area contributed by atoms with E-state index < -0.39 is 11.9 Å². The highest BCUT2D eigenvalue weighted by Gasteiger charge is 2.42. The predicted molar refractivity (Wildman–Crippen MR) is 139 cm³/mol. The smallest absolute Gasteiger partial charge is 0.250 e. The van der Waals surface area contributed by atoms with Crippen LogP contribution in [0.3, 0.4) is 0 Å². The Morgan fingerprint density at radius 2 is 1.74 bits per heavy atom. The minimum atomic E-state index is -0.526. The highest BCUT2D eigenvalue weighted by atomic mass is 16.5. The molecule has 0 aliphatic carbocycles. The molecule has 0 saturated carbocycles. The summed E-state index contributed by atoms with van der Waals surface area (Å²) in [6.07, 6.45) is 0.866. The third kappa shape index (κ3) is 5.19. The van der Waals surface area contributed by atoms with Crippen LogP contribution in [0.5, 0.6) is 11.5 Å². The summed E-state index contributed by atoms with van der Waals surface area (Å²) in [5.41, 5.74) is 5.71. The maximum atomic E-state index is 13.8. The third-order valence-electron chi connectivity index (χ3n) is 6.97. The summed E-state index contributed by atoms with van der Waals surface area (Å²) in [6, 6.07) is 20.2. The van der Waals surface area contributed by atoms with Gasteiger partial charge in [-0.25, -0.2) is 5.48 Å². The Morgan fingerprint density at radius 1 is 1.00 bits per heavy atom. The Labute approximate surface area is 220 Å². The van der Waals surface area contributed by atoms with Crippen LogP contribution in [0.2, 0.25) is 0 Å². The average Bonchev–Trinajstić information content (AvgIpc) is 3.26. The summed E-state index contributed by atoms with van der Waals surface area (Å²) in [7, 11) is 1.56. The molecule has 1 atom stereocenters. The van der Waals surface area contributed by atoms with E-state index in [4.69, 9.17) is 14.7 Å². The molecule has 196 valence electrons. The molecule has 3 aromatic rings. The lowest BCUT2D eigenvalue weighted by Gasteiger charge is -2.26. The van der Waals surface area contributed by atoms with Crippen molar-refractivity contribution in [2.75, 3.05) is 12.0 Å². The van der Waals surface area contributed by atoms with Crippen LogP contribution in [0.15, 0.2) is 66.7 Å². The second-order valence-electron chi connectivity index (χ2n) is 9.43. The van der Waals surface area contributed by atoms with Crippen LogP contribution in [0, 0.1) is 0 Å². The van der Waals surface area contributed by atoms with Crippen LogP contribution in [0.25, 0.3) is 0 Å². The van der Waals surface area contributed by atoms with Gasteiger partial charge in [0, 0.05) is 19.0 Å². The fourth-order valence-electron chi connectivity index (χ4n) is 4.98. The largest absolute Gasteiger partial charge is 0.493 e. The minimum Gasteiger partial charge on any atom is -0.493 e. The molecule has 2 aliphatic rings. The van der Waals surface area contributed by atoms with E-state index in [1.807, 2.05) is 48.5 Å². The zero-order valence-electron chi connectivity index (χ0n) is 21.1. The number of carbonyl (C=O) groups is 3. The van der Waals surface area contributed by atoms with E-state index in [1.165, 1.54) is 0 Å². The van der Waals surface area contributed by atoms with Gasteiger partial charge >= 0.3 is 0 Å². The number of amides is 3. The maximum absolute atomic E-state index is 13.8. The molecule has 3 aromatic carbocycles. The lowest BCUT2D eigenvalue weighted by molar-refractivity contribution is -0.134. The quantitative estimate of drug-likeness (QED) is 0.352. The molecule has 5 rings (SSSR count). The number of methoxy groups -OCH3 is 1. The van der Waals surface area contributed by atoms with E-state index in [2.05, 4.69) is 0 Å². The normalized spacial score (nSPS) is 16.5. The predicted octanol–water partition coefficient (Wildman–Crippen LogP) is 3.36. The Morgan fingerprint density at radius 3 is 2.45 bits per heavy atom. The zero-order valence-corrected chi connectivity index (χ0v) is 21.1. The molecule has 0 spiro atoms. The molecule has 0 aromatic heterocycles. The topological polar surface area (TPSA) is 108 Å². The van der Waals surface area contributed by atoms with Crippen molar-refractivity contribution >= 4 is 23.4 Å². The van der Waals surface area contributed by atoms with E-state index in [0.717, 1.165) is 22.3 Å². The van der Waals surface area contributed by atoms with Crippen LogP contribution in [0.4, 0.5) is 5.69 Å². The molecule has 2 heterocycles. The first-order valence-electron chi connectivity index (χ1n) is 12.5. The van der Waals surface area contributed by atoms with Crippen LogP contribution in [0.1, 0.15) is 35.1 Å². The fraction of sp³-hybridized carbons (Fsp3) is 0.276. The zero-order chi connectivity index (χ0) is 26.6. The van der Waals surface area contributed by atoms with Gasteiger partial charge in [-0.3, -0.25) is 19.6 Å². The highest BCUT2D eigenvalue weighted by molar-refractivity contribution is 6.02. The number of fused-ring (bicyclic) bond motifs is 2. The Kier molecular flexibility index (Phi) is 7.28. The van der Waals surface area contributed by atoms with Gasteiger partial charge in [-0.1, -0.05) is 54.6 Å². The standard InChI is InChI=1S/C29H29N3O6/c1-37-25-15-24-22(14-26(25)38-18-21-5-3-2-4-6-21)17-31-23(11-12-28(31)34)29(35)32(24)16-20-9-7-19(8-10-20)13-27(33)30-36/h2-10,14-15,23,36H,11-13,16-18H2,1H3,(H,30,33)/t23-/m0/s1. The summed E-state index contributed by atoms with van der Waals surface area (Å²) < 4.78 is 11.8. The van der Waals surface area contributed by atoms with Crippen molar-refractivity contribution < 1.29 is 29.1 Å². The third-order valence-corrected chi connectivity index (χ3v) is 6.97. The number of carbonyl (C=O) groups excluding carboxylic acids is 3. The first-order valence-corrected chi connectivity index (χ1v) is 12.5. The summed E-state index contributed by atoms with van der Waals surface area (Å²) >= 11 is 0. The molecule has 0 unspecified atom stereocenters. The molecule has 2 N–H and O–H groups in total. The van der Waals surface area contributed by atoms with Crippen molar-refractivity contribution in [3.63, 3.8) is 0 Å². The molecule has 1 saturated heterocycles. The van der Waals surface area contributed by atoms with Gasteiger partial charge in [0.15, 0.2) is 11.5 Å². The van der Waals surface area contributed by atoms with E-state index in [-0.39, 0.29) is 24.8 Å². The number of hydrogen-bond acceptors (Lipinski definition) is 6. The SMILES string of the molecule is COc1cc2c(cc1OCc1ccccc1)CN1C(=O)CC[C@H]1C(=O)N2Cc1ccc(CC(=O)NO)cc1. The van der Waals surface area contributed by atoms with Crippen molar-refractivity contribution in [3.05, 3.63) is 89.0 Å². The van der Waals surface area contributed by atoms with Crippen LogP contribution in [-0.2, 0) is 40.5 Å². The number of hydrogen-bond donors (Lipinski definition) is 2. The number of nitrogens with one attached hydrogen (secondary N) is 1. The monoisotopic (exact) mass is 515 g/mol. The molecule has 2 aliphatic heterocycles. The lowest BCUT2D eigenvalue weighted by atomic mass is 10.1. The summed E-state index contributed by atoms with van der Waals surface area (Å²) in [6.45, 7) is 0.941. The average molecular weight is 516 g/mol. The Bertz CT molecular complexity index is 1340. The van der Waals surface area contributed by atoms with Crippen molar-refractivity contribution in [2.24, 2.45) is 0 Å². The van der Waals surface area contributed by atoms with E-state index >= 15 is 0 Å². The Balaban J connectivity index is 1.48. The number of anilines is 1. The summed E-state index contributed by atoms with van der Waals surface area (Å²) in [5, 5.41) is 8.77. The van der Waals surface area contributed by atoms with Gasteiger partial charge in [0.05, 0.1) is 25.8 Å². The molecule has 38 heavy (non-hydrogen) atoms. The molecular formula is C29H29N3O6. The van der Waals surface area contributed by atoms with E-state index in [9.17, 15) is 14.4 Å². The molecule has 9 nitrogen and oxygen atoms in total. The summed E-state index contributed by atoms with van der Waals surface area (Å²) in [4.78, 5) is 41.3. The number of rotatable bonds is 8. The minimum absolute atomic E-state index is 0.0368. The van der Waals surface area contributed by atoms with Gasteiger partial charge in [-0.15, -0.1) is 0 Å². The van der Waals surface area contributed by atoms with Crippen molar-refractivity contribution in [3.8, 4) is 11.5 Å². The Hall–Kier alpha value is -4.37. The first-order chi connectivity index (χ1) is 18.5. The van der Waals surface area contributed by atoms with Crippen LogP contribution in [-0.4, -0.2) is 41.0 Å². The molecular weight excluding hydrogens is 486 g/mol. The second-order valence-corrected chi connectivity index (χ2v) is 9.43. The van der Waals surface area contributed by atoms with Gasteiger partial charge in [0.1, 0.15) is 12.6 Å². The van der Waals surface area contributed by atoms with Crippen molar-refractivity contribution in [1.29, 1.82) is 0 Å². The van der Waals surface area contributed by atoms with Gasteiger partial charge in [-0.2, -0.15) is 0 Å². The molecule has 0 bridgehead atoms. The van der Waals surface area contributed by atoms with Crippen molar-refractivity contribution in [2.45, 2.75) is 45.0 Å². The number of ether oxygens (including phenoxy) is 2. The van der Waals surface area contributed by atoms with E-state index in [1.54, 1.807) is 40.6 Å². The highest BCUT2D eigenvalue weighted by Crippen LogP contribution is 2.41. The molecule has 3 amide bonds. The molecule has 9 heteroatoms. The van der Waals surface area contributed by atoms with Gasteiger partial charge in [-0.05, 0) is 34.7 Å². The first kappa shape index (κ1) is 25.3. The second kappa shape index (κ2) is 10.9. The molecule has 1 fully saturated rings. The summed E-state index contributed by atoms with van der Waals surface area (Å²) in [5.74, 6) is 0.358. The van der Waals surface area contributed by atoms with Gasteiger partial charge in [0.25, 0.3) is 0 Å². The van der Waals surface area contributed by atoms with Gasteiger partial charge < -0.3 is 19.3 Å². The van der Waals surface area contributed by atoms with Crippen LogP contribution >= 0.6 is 0 Å². The molecule has 0 radical (unpaired) electrons. The number of hydroxylamine groups is 1. The lowest BCUT2D eigenvalue weighted by Crippen LogP contribution is -2.43. The van der Waals surface area contributed by atoms with Crippen molar-refractivity contribution in [1.82, 2.24) is 10.4 Å². The van der Waals surface area contributed by atoms with Crippen LogP contribution < -0.4 is 19.9 Å². The maximum Gasteiger partial charge on any atom is 0.250 e. The van der Waals surface area contributed by atoms with E-state index in [0.29, 0.717) is 43.2 Å². The van der Waals surface area contributed by atoms with Gasteiger partial charge in [0.2, 0.25) is 17.7 Å². The fourth-order valence-corrected chi connectivity index (χ4v) is 4.98.